The Morgan fingerprint density at radius 1 is 1.47 bits per heavy atom. The van der Waals surface area contributed by atoms with Crippen molar-refractivity contribution < 1.29 is 9.53 Å². The average molecular weight is 288 g/mol. The van der Waals surface area contributed by atoms with Crippen molar-refractivity contribution in [3.8, 4) is 0 Å². The Bertz CT molecular complexity index is 343. The predicted octanol–water partition coefficient (Wildman–Crippen LogP) is 3.12. The molecule has 0 saturated carbocycles. The van der Waals surface area contributed by atoms with Crippen LogP contribution in [0.1, 0.15) is 41.0 Å². The van der Waals surface area contributed by atoms with E-state index in [-0.39, 0.29) is 30.1 Å². The normalized spacial score (nSPS) is 34.8. The molecule has 110 valence electrons. The molecular weight excluding hydrogens is 262 g/mol. The molecule has 0 aromatic rings. The Morgan fingerprint density at radius 3 is 2.42 bits per heavy atom. The Morgan fingerprint density at radius 2 is 2.05 bits per heavy atom. The summed E-state index contributed by atoms with van der Waals surface area (Å²) in [5.41, 5.74) is 0. The number of amides is 1. The van der Waals surface area contributed by atoms with Crippen LogP contribution in [0.15, 0.2) is 12.7 Å². The number of halogens is 1. The summed E-state index contributed by atoms with van der Waals surface area (Å²) >= 11 is 6.75. The molecule has 4 heteroatoms. The van der Waals surface area contributed by atoms with Crippen LogP contribution in [0.3, 0.4) is 0 Å². The lowest BCUT2D eigenvalue weighted by Gasteiger charge is -2.32. The number of hydrogen-bond donors (Lipinski definition) is 1. The zero-order chi connectivity index (χ0) is 14.8. The lowest BCUT2D eigenvalue weighted by molar-refractivity contribution is -0.120. The number of nitrogens with one attached hydrogen (secondary N) is 1. The highest BCUT2D eigenvalue weighted by atomic mass is 35.5. The molecule has 0 aliphatic carbocycles. The molecule has 0 unspecified atom stereocenters. The second kappa shape index (κ2) is 6.27. The molecule has 1 aliphatic heterocycles. The number of alkyl halides is 1. The van der Waals surface area contributed by atoms with Gasteiger partial charge in [-0.05, 0) is 18.3 Å². The van der Waals surface area contributed by atoms with Crippen LogP contribution in [-0.2, 0) is 9.53 Å². The van der Waals surface area contributed by atoms with Crippen LogP contribution in [-0.4, -0.2) is 29.0 Å². The molecule has 1 rings (SSSR count). The van der Waals surface area contributed by atoms with Crippen molar-refractivity contribution in [2.75, 3.05) is 0 Å². The smallest absolute Gasteiger partial charge is 0.217 e. The van der Waals surface area contributed by atoms with Crippen molar-refractivity contribution in [1.29, 1.82) is 0 Å². The Kier molecular flexibility index (Phi) is 5.45. The molecule has 1 heterocycles. The van der Waals surface area contributed by atoms with E-state index in [9.17, 15) is 4.79 Å². The van der Waals surface area contributed by atoms with Gasteiger partial charge in [-0.2, -0.15) is 0 Å². The van der Waals surface area contributed by atoms with Crippen molar-refractivity contribution >= 4 is 17.5 Å². The van der Waals surface area contributed by atoms with E-state index in [0.717, 1.165) is 6.42 Å². The van der Waals surface area contributed by atoms with Gasteiger partial charge in [0.1, 0.15) is 4.87 Å². The summed E-state index contributed by atoms with van der Waals surface area (Å²) in [5.74, 6) is 0.667. The van der Waals surface area contributed by atoms with E-state index in [0.29, 0.717) is 5.92 Å². The molecule has 1 saturated heterocycles. The maximum absolute atomic E-state index is 11.5. The highest BCUT2D eigenvalue weighted by Gasteiger charge is 2.54. The molecule has 1 aliphatic rings. The second-order valence-corrected chi connectivity index (χ2v) is 6.83. The summed E-state index contributed by atoms with van der Waals surface area (Å²) in [7, 11) is 0. The van der Waals surface area contributed by atoms with E-state index in [1.807, 2.05) is 0 Å². The number of hydrogen-bond acceptors (Lipinski definition) is 2. The molecule has 0 radical (unpaired) electrons. The molecule has 1 amide bonds. The first-order valence-corrected chi connectivity index (χ1v) is 7.35. The van der Waals surface area contributed by atoms with E-state index in [1.54, 1.807) is 6.08 Å². The van der Waals surface area contributed by atoms with Crippen molar-refractivity contribution in [3.63, 3.8) is 0 Å². The lowest BCUT2D eigenvalue weighted by Crippen LogP contribution is -2.53. The minimum Gasteiger partial charge on any atom is -0.370 e. The fourth-order valence-corrected chi connectivity index (χ4v) is 3.32. The zero-order valence-corrected chi connectivity index (χ0v) is 13.3. The van der Waals surface area contributed by atoms with Gasteiger partial charge < -0.3 is 10.1 Å². The molecule has 3 nitrogen and oxygen atoms in total. The summed E-state index contributed by atoms with van der Waals surface area (Å²) in [4.78, 5) is 10.7. The van der Waals surface area contributed by atoms with Crippen molar-refractivity contribution in [3.05, 3.63) is 12.7 Å². The summed E-state index contributed by atoms with van der Waals surface area (Å²) in [6.45, 7) is 13.8. The molecule has 0 spiro atoms. The number of carbonyl (C=O) groups excluding carboxylic acids is 1. The third-order valence-electron chi connectivity index (χ3n) is 3.59. The molecule has 19 heavy (non-hydrogen) atoms. The predicted molar refractivity (Wildman–Crippen MR) is 79.3 cm³/mol. The zero-order valence-electron chi connectivity index (χ0n) is 12.6. The Balaban J connectivity index is 3.06. The highest BCUT2D eigenvalue weighted by Crippen LogP contribution is 2.43. The molecule has 0 aromatic carbocycles. The number of rotatable bonds is 5. The maximum atomic E-state index is 11.5. The van der Waals surface area contributed by atoms with Crippen LogP contribution in [0.25, 0.3) is 0 Å². The summed E-state index contributed by atoms with van der Waals surface area (Å²) in [6.07, 6.45) is 2.40. The summed E-state index contributed by atoms with van der Waals surface area (Å²) in [5, 5.41) is 2.96. The Hall–Kier alpha value is -0.540. The SMILES string of the molecule is C=C[C@]1(Cl)[C@H](C(C)C)O[C@H](CC(C)C)[C@@H]1NC(C)=O. The van der Waals surface area contributed by atoms with Gasteiger partial charge in [-0.15, -0.1) is 18.2 Å². The van der Waals surface area contributed by atoms with Crippen LogP contribution in [0.4, 0.5) is 0 Å². The molecule has 1 N–H and O–H groups in total. The van der Waals surface area contributed by atoms with Gasteiger partial charge >= 0.3 is 0 Å². The molecule has 1 fully saturated rings. The largest absolute Gasteiger partial charge is 0.370 e. The summed E-state index contributed by atoms with van der Waals surface area (Å²) < 4.78 is 6.14. The van der Waals surface area contributed by atoms with Gasteiger partial charge in [0.2, 0.25) is 5.91 Å². The molecular formula is C15H26ClNO2. The van der Waals surface area contributed by atoms with E-state index < -0.39 is 4.87 Å². The third kappa shape index (κ3) is 3.51. The fourth-order valence-electron chi connectivity index (χ4n) is 2.82. The van der Waals surface area contributed by atoms with Crippen LogP contribution in [0.5, 0.6) is 0 Å². The van der Waals surface area contributed by atoms with Crippen LogP contribution in [0.2, 0.25) is 0 Å². The first-order valence-electron chi connectivity index (χ1n) is 6.97. The van der Waals surface area contributed by atoms with Crippen LogP contribution < -0.4 is 5.32 Å². The lowest BCUT2D eigenvalue weighted by atomic mass is 9.85. The first kappa shape index (κ1) is 16.5. The van der Waals surface area contributed by atoms with E-state index >= 15 is 0 Å². The third-order valence-corrected chi connectivity index (χ3v) is 4.19. The minimum atomic E-state index is -0.737. The van der Waals surface area contributed by atoms with Gasteiger partial charge in [0.25, 0.3) is 0 Å². The minimum absolute atomic E-state index is 0.0631. The number of carbonyl (C=O) groups is 1. The quantitative estimate of drug-likeness (QED) is 0.623. The average Bonchev–Trinajstić information content (AvgIpc) is 2.53. The standard InChI is InChI=1S/C15H26ClNO2/c1-7-15(16)13(17-11(6)18)12(8-9(2)3)19-14(15)10(4)5/h7,9-10,12-14H,1,8H2,2-6H3,(H,17,18)/t12-,13+,14+,15-/m1/s1. The second-order valence-electron chi connectivity index (χ2n) is 6.18. The van der Waals surface area contributed by atoms with Gasteiger partial charge in [0.15, 0.2) is 0 Å². The van der Waals surface area contributed by atoms with Crippen LogP contribution >= 0.6 is 11.6 Å². The topological polar surface area (TPSA) is 38.3 Å². The van der Waals surface area contributed by atoms with Crippen molar-refractivity contribution in [1.82, 2.24) is 5.32 Å². The van der Waals surface area contributed by atoms with Gasteiger partial charge in [0, 0.05) is 6.92 Å². The maximum Gasteiger partial charge on any atom is 0.217 e. The highest BCUT2D eigenvalue weighted by molar-refractivity contribution is 6.26. The fraction of sp³-hybridized carbons (Fsp3) is 0.800. The molecule has 0 bridgehead atoms. The van der Waals surface area contributed by atoms with Gasteiger partial charge in [-0.25, -0.2) is 0 Å². The van der Waals surface area contributed by atoms with Crippen molar-refractivity contribution in [2.45, 2.75) is 64.2 Å². The first-order chi connectivity index (χ1) is 8.72. The Labute approximate surface area is 121 Å². The molecule has 4 atom stereocenters. The van der Waals surface area contributed by atoms with E-state index in [4.69, 9.17) is 16.3 Å². The number of ether oxygens (including phenoxy) is 1. The van der Waals surface area contributed by atoms with E-state index in [1.165, 1.54) is 6.92 Å². The van der Waals surface area contributed by atoms with Crippen LogP contribution in [0, 0.1) is 11.8 Å². The van der Waals surface area contributed by atoms with Gasteiger partial charge in [-0.1, -0.05) is 33.8 Å². The molecule has 0 aromatic heterocycles. The monoisotopic (exact) mass is 287 g/mol. The van der Waals surface area contributed by atoms with Crippen molar-refractivity contribution in [2.24, 2.45) is 11.8 Å². The van der Waals surface area contributed by atoms with Gasteiger partial charge in [0.05, 0.1) is 18.2 Å². The van der Waals surface area contributed by atoms with E-state index in [2.05, 4.69) is 39.6 Å². The van der Waals surface area contributed by atoms with Gasteiger partial charge in [-0.3, -0.25) is 4.79 Å². The summed E-state index contributed by atoms with van der Waals surface area (Å²) in [6, 6.07) is -0.223.